The highest BCUT2D eigenvalue weighted by Crippen LogP contribution is 2.28. The number of rotatable bonds is 5. The maximum atomic E-state index is 12.4. The van der Waals surface area contributed by atoms with Crippen LogP contribution in [0.2, 0.25) is 10.0 Å². The highest BCUT2D eigenvalue weighted by atomic mass is 35.5. The Morgan fingerprint density at radius 2 is 1.69 bits per heavy atom. The van der Waals surface area contributed by atoms with E-state index in [0.717, 1.165) is 5.69 Å². The SMILES string of the molecule is COc1ccc(Cl)cc1NC(=O)c1ccc(Nc2ccc(Cl)cc2)nn1. The van der Waals surface area contributed by atoms with Crippen LogP contribution in [0.15, 0.2) is 54.6 Å². The molecular weight excluding hydrogens is 375 g/mol. The molecule has 0 saturated carbocycles. The van der Waals surface area contributed by atoms with Crippen LogP contribution in [0, 0.1) is 0 Å². The molecule has 0 saturated heterocycles. The number of ether oxygens (including phenoxy) is 1. The molecule has 132 valence electrons. The smallest absolute Gasteiger partial charge is 0.276 e. The Labute approximate surface area is 160 Å². The molecule has 2 N–H and O–H groups in total. The number of anilines is 3. The Morgan fingerprint density at radius 3 is 2.35 bits per heavy atom. The summed E-state index contributed by atoms with van der Waals surface area (Å²) in [7, 11) is 1.51. The lowest BCUT2D eigenvalue weighted by Crippen LogP contribution is -2.15. The van der Waals surface area contributed by atoms with Crippen LogP contribution in [0.4, 0.5) is 17.2 Å². The van der Waals surface area contributed by atoms with Crippen molar-refractivity contribution < 1.29 is 9.53 Å². The van der Waals surface area contributed by atoms with Crippen LogP contribution in [-0.4, -0.2) is 23.2 Å². The molecule has 2 aromatic carbocycles. The van der Waals surface area contributed by atoms with Crippen LogP contribution >= 0.6 is 23.2 Å². The van der Waals surface area contributed by atoms with Crippen molar-refractivity contribution >= 4 is 46.3 Å². The van der Waals surface area contributed by atoms with Crippen molar-refractivity contribution in [1.29, 1.82) is 0 Å². The van der Waals surface area contributed by atoms with Crippen molar-refractivity contribution in [2.24, 2.45) is 0 Å². The predicted octanol–water partition coefficient (Wildman–Crippen LogP) is 4.79. The number of hydrogen-bond acceptors (Lipinski definition) is 5. The van der Waals surface area contributed by atoms with Gasteiger partial charge in [-0.2, -0.15) is 0 Å². The van der Waals surface area contributed by atoms with E-state index in [-0.39, 0.29) is 5.69 Å². The summed E-state index contributed by atoms with van der Waals surface area (Å²) in [4.78, 5) is 12.4. The quantitative estimate of drug-likeness (QED) is 0.656. The van der Waals surface area contributed by atoms with Crippen molar-refractivity contribution in [3.05, 3.63) is 70.3 Å². The topological polar surface area (TPSA) is 76.1 Å². The molecule has 0 fully saturated rings. The molecule has 0 spiro atoms. The van der Waals surface area contributed by atoms with E-state index in [1.54, 1.807) is 42.5 Å². The fraction of sp³-hybridized carbons (Fsp3) is 0.0556. The lowest BCUT2D eigenvalue weighted by Gasteiger charge is -2.10. The van der Waals surface area contributed by atoms with Gasteiger partial charge in [-0.1, -0.05) is 23.2 Å². The summed E-state index contributed by atoms with van der Waals surface area (Å²) in [6, 6.07) is 15.3. The van der Waals surface area contributed by atoms with E-state index in [1.165, 1.54) is 7.11 Å². The molecule has 0 aliphatic carbocycles. The zero-order valence-electron chi connectivity index (χ0n) is 13.7. The van der Waals surface area contributed by atoms with Gasteiger partial charge in [-0.25, -0.2) is 0 Å². The third-order valence-electron chi connectivity index (χ3n) is 3.42. The molecule has 0 unspecified atom stereocenters. The van der Waals surface area contributed by atoms with E-state index in [0.29, 0.717) is 27.3 Å². The van der Waals surface area contributed by atoms with Gasteiger partial charge < -0.3 is 15.4 Å². The number of carbonyl (C=O) groups is 1. The third kappa shape index (κ3) is 4.41. The summed E-state index contributed by atoms with van der Waals surface area (Å²) in [6.45, 7) is 0. The first-order chi connectivity index (χ1) is 12.5. The average Bonchev–Trinajstić information content (AvgIpc) is 2.64. The fourth-order valence-corrected chi connectivity index (χ4v) is 2.46. The molecule has 0 aliphatic rings. The standard InChI is InChI=1S/C18H14Cl2N4O2/c1-26-16-8-4-12(20)10-15(16)22-18(25)14-7-9-17(24-23-14)21-13-5-2-11(19)3-6-13/h2-10H,1H3,(H,21,24)(H,22,25). The molecule has 0 radical (unpaired) electrons. The molecule has 6 nitrogen and oxygen atoms in total. The number of halogens is 2. The molecule has 8 heteroatoms. The van der Waals surface area contributed by atoms with E-state index in [2.05, 4.69) is 20.8 Å². The van der Waals surface area contributed by atoms with Gasteiger partial charge in [0.15, 0.2) is 11.5 Å². The van der Waals surface area contributed by atoms with Gasteiger partial charge in [0.1, 0.15) is 5.75 Å². The summed E-state index contributed by atoms with van der Waals surface area (Å²) in [5, 5.41) is 14.9. The lowest BCUT2D eigenvalue weighted by molar-refractivity contribution is 0.102. The Morgan fingerprint density at radius 1 is 0.962 bits per heavy atom. The first-order valence-corrected chi connectivity index (χ1v) is 8.32. The van der Waals surface area contributed by atoms with E-state index in [1.807, 2.05) is 12.1 Å². The number of nitrogens with one attached hydrogen (secondary N) is 2. The average molecular weight is 389 g/mol. The van der Waals surface area contributed by atoms with Gasteiger partial charge in [-0.15, -0.1) is 10.2 Å². The van der Waals surface area contributed by atoms with E-state index >= 15 is 0 Å². The minimum Gasteiger partial charge on any atom is -0.495 e. The normalized spacial score (nSPS) is 10.3. The number of amides is 1. The summed E-state index contributed by atoms with van der Waals surface area (Å²) < 4.78 is 5.20. The second-order valence-corrected chi connectivity index (χ2v) is 6.11. The largest absolute Gasteiger partial charge is 0.495 e. The number of aromatic nitrogens is 2. The van der Waals surface area contributed by atoms with Crippen LogP contribution in [0.5, 0.6) is 5.75 Å². The zero-order valence-corrected chi connectivity index (χ0v) is 15.2. The van der Waals surface area contributed by atoms with Crippen LogP contribution in [0.25, 0.3) is 0 Å². The highest BCUT2D eigenvalue weighted by molar-refractivity contribution is 6.31. The first-order valence-electron chi connectivity index (χ1n) is 7.56. The van der Waals surface area contributed by atoms with Crippen molar-refractivity contribution in [3.8, 4) is 5.75 Å². The van der Waals surface area contributed by atoms with Crippen molar-refractivity contribution in [3.63, 3.8) is 0 Å². The molecule has 0 bridgehead atoms. The Kier molecular flexibility index (Phi) is 5.55. The molecule has 0 atom stereocenters. The van der Waals surface area contributed by atoms with Crippen LogP contribution in [0.1, 0.15) is 10.5 Å². The fourth-order valence-electron chi connectivity index (χ4n) is 2.17. The number of hydrogen-bond donors (Lipinski definition) is 2. The predicted molar refractivity (Wildman–Crippen MR) is 103 cm³/mol. The van der Waals surface area contributed by atoms with Gasteiger partial charge in [-0.3, -0.25) is 4.79 Å². The zero-order chi connectivity index (χ0) is 18.5. The Hall–Kier alpha value is -2.83. The van der Waals surface area contributed by atoms with Crippen LogP contribution in [0.3, 0.4) is 0 Å². The van der Waals surface area contributed by atoms with Gasteiger partial charge in [-0.05, 0) is 54.6 Å². The summed E-state index contributed by atoms with van der Waals surface area (Å²) in [5.74, 6) is 0.581. The molecule has 3 aromatic rings. The van der Waals surface area contributed by atoms with Gasteiger partial charge in [0.05, 0.1) is 12.8 Å². The van der Waals surface area contributed by atoms with E-state index < -0.39 is 5.91 Å². The lowest BCUT2D eigenvalue weighted by atomic mass is 10.2. The number of methoxy groups -OCH3 is 1. The van der Waals surface area contributed by atoms with Gasteiger partial charge >= 0.3 is 0 Å². The molecular formula is C18H14Cl2N4O2. The minimum absolute atomic E-state index is 0.161. The molecule has 1 amide bonds. The monoisotopic (exact) mass is 388 g/mol. The molecule has 0 aliphatic heterocycles. The number of carbonyl (C=O) groups excluding carboxylic acids is 1. The number of benzene rings is 2. The molecule has 1 aromatic heterocycles. The van der Waals surface area contributed by atoms with E-state index in [9.17, 15) is 4.79 Å². The van der Waals surface area contributed by atoms with Crippen LogP contribution < -0.4 is 15.4 Å². The van der Waals surface area contributed by atoms with Gasteiger partial charge in [0.25, 0.3) is 5.91 Å². The van der Waals surface area contributed by atoms with Crippen molar-refractivity contribution in [1.82, 2.24) is 10.2 Å². The summed E-state index contributed by atoms with van der Waals surface area (Å²) in [5.41, 5.74) is 1.42. The molecule has 26 heavy (non-hydrogen) atoms. The summed E-state index contributed by atoms with van der Waals surface area (Å²) in [6.07, 6.45) is 0. The third-order valence-corrected chi connectivity index (χ3v) is 3.91. The Bertz CT molecular complexity index is 915. The highest BCUT2D eigenvalue weighted by Gasteiger charge is 2.12. The van der Waals surface area contributed by atoms with Crippen molar-refractivity contribution in [2.75, 3.05) is 17.7 Å². The summed E-state index contributed by atoms with van der Waals surface area (Å²) >= 11 is 11.8. The van der Waals surface area contributed by atoms with Gasteiger partial charge in [0, 0.05) is 15.7 Å². The molecule has 1 heterocycles. The Balaban J connectivity index is 1.71. The van der Waals surface area contributed by atoms with Gasteiger partial charge in [0.2, 0.25) is 0 Å². The first kappa shape index (κ1) is 18.0. The second kappa shape index (κ2) is 8.03. The van der Waals surface area contributed by atoms with E-state index in [4.69, 9.17) is 27.9 Å². The maximum Gasteiger partial charge on any atom is 0.276 e. The minimum atomic E-state index is -0.420. The second-order valence-electron chi connectivity index (χ2n) is 5.23. The number of nitrogens with zero attached hydrogens (tertiary/aromatic N) is 2. The van der Waals surface area contributed by atoms with Crippen LogP contribution in [-0.2, 0) is 0 Å². The molecule has 3 rings (SSSR count). The maximum absolute atomic E-state index is 12.4. The van der Waals surface area contributed by atoms with Crippen molar-refractivity contribution in [2.45, 2.75) is 0 Å².